The first-order valence-corrected chi connectivity index (χ1v) is 8.02. The summed E-state index contributed by atoms with van der Waals surface area (Å²) < 4.78 is 26.9. The quantitative estimate of drug-likeness (QED) is 0.846. The molecule has 0 aliphatic heterocycles. The van der Waals surface area contributed by atoms with E-state index < -0.39 is 10.0 Å². The van der Waals surface area contributed by atoms with Gasteiger partial charge in [0.1, 0.15) is 4.60 Å². The molecule has 0 unspecified atom stereocenters. The van der Waals surface area contributed by atoms with Crippen LogP contribution in [0.25, 0.3) is 0 Å². The number of sulfonamides is 1. The van der Waals surface area contributed by atoms with Gasteiger partial charge in [0, 0.05) is 18.3 Å². The first-order valence-electron chi connectivity index (χ1n) is 5.57. The smallest absolute Gasteiger partial charge is 0.233 e. The molecule has 0 saturated carbocycles. The number of aryl methyl sites for hydroxylation is 1. The maximum Gasteiger partial charge on any atom is 0.233 e. The van der Waals surface area contributed by atoms with Gasteiger partial charge in [-0.25, -0.2) is 13.4 Å². The Kier molecular flexibility index (Phi) is 4.49. The van der Waals surface area contributed by atoms with E-state index in [9.17, 15) is 8.42 Å². The number of halogens is 1. The lowest BCUT2D eigenvalue weighted by molar-refractivity contribution is 0.600. The molecule has 0 aliphatic carbocycles. The fourth-order valence-electron chi connectivity index (χ4n) is 1.45. The standard InChI is InChI=1S/C12H12BrN3O2S/c13-12-5-4-11(9-15-12)16-19(17,18)8-6-10-3-1-2-7-14-10/h1-5,7,9,16H,6,8H2. The van der Waals surface area contributed by atoms with Crippen LogP contribution >= 0.6 is 15.9 Å². The van der Waals surface area contributed by atoms with E-state index in [1.54, 1.807) is 30.5 Å². The second kappa shape index (κ2) is 6.12. The molecule has 0 radical (unpaired) electrons. The minimum absolute atomic E-state index is 0.0138. The molecule has 0 aromatic carbocycles. The molecule has 0 amide bonds. The number of hydrogen-bond donors (Lipinski definition) is 1. The van der Waals surface area contributed by atoms with Crippen molar-refractivity contribution in [1.82, 2.24) is 9.97 Å². The molecular formula is C12H12BrN3O2S. The van der Waals surface area contributed by atoms with Crippen molar-refractivity contribution in [3.8, 4) is 0 Å². The average Bonchev–Trinajstić information content (AvgIpc) is 2.40. The Hall–Kier alpha value is -1.47. The zero-order valence-electron chi connectivity index (χ0n) is 9.95. The predicted octanol–water partition coefficient (Wildman–Crippen LogP) is 2.22. The molecule has 0 bridgehead atoms. The zero-order chi connectivity index (χ0) is 13.7. The molecule has 5 nitrogen and oxygen atoms in total. The Morgan fingerprint density at radius 3 is 2.63 bits per heavy atom. The minimum atomic E-state index is -3.39. The van der Waals surface area contributed by atoms with E-state index in [1.807, 2.05) is 6.07 Å². The van der Waals surface area contributed by atoms with Gasteiger partial charge in [0.2, 0.25) is 10.0 Å². The molecule has 0 saturated heterocycles. The lowest BCUT2D eigenvalue weighted by Crippen LogP contribution is -2.18. The van der Waals surface area contributed by atoms with Crippen molar-refractivity contribution in [3.63, 3.8) is 0 Å². The Morgan fingerprint density at radius 1 is 1.16 bits per heavy atom. The van der Waals surface area contributed by atoms with Crippen LogP contribution < -0.4 is 4.72 Å². The number of hydrogen-bond acceptors (Lipinski definition) is 4. The third-order valence-electron chi connectivity index (χ3n) is 2.35. The third kappa shape index (κ3) is 4.60. The molecule has 1 N–H and O–H groups in total. The van der Waals surface area contributed by atoms with Crippen LogP contribution in [-0.2, 0) is 16.4 Å². The first kappa shape index (κ1) is 14.0. The van der Waals surface area contributed by atoms with E-state index in [1.165, 1.54) is 6.20 Å². The fraction of sp³-hybridized carbons (Fsp3) is 0.167. The van der Waals surface area contributed by atoms with Gasteiger partial charge in [-0.1, -0.05) is 6.07 Å². The van der Waals surface area contributed by atoms with Gasteiger partial charge >= 0.3 is 0 Å². The summed E-state index contributed by atoms with van der Waals surface area (Å²) in [5, 5.41) is 0. The zero-order valence-corrected chi connectivity index (χ0v) is 12.4. The van der Waals surface area contributed by atoms with Crippen molar-refractivity contribution in [2.24, 2.45) is 0 Å². The minimum Gasteiger partial charge on any atom is -0.282 e. The van der Waals surface area contributed by atoms with Gasteiger partial charge in [0.05, 0.1) is 17.6 Å². The van der Waals surface area contributed by atoms with Crippen LogP contribution in [0.15, 0.2) is 47.3 Å². The lowest BCUT2D eigenvalue weighted by atomic mass is 10.3. The van der Waals surface area contributed by atoms with E-state index >= 15 is 0 Å². The van der Waals surface area contributed by atoms with Crippen molar-refractivity contribution < 1.29 is 8.42 Å². The highest BCUT2D eigenvalue weighted by molar-refractivity contribution is 9.10. The normalized spacial score (nSPS) is 11.2. The largest absolute Gasteiger partial charge is 0.282 e. The molecule has 0 aliphatic rings. The Balaban J connectivity index is 1.97. The van der Waals surface area contributed by atoms with Crippen LogP contribution in [0.4, 0.5) is 5.69 Å². The van der Waals surface area contributed by atoms with E-state index in [0.717, 1.165) is 5.69 Å². The first-order chi connectivity index (χ1) is 9.05. The Labute approximate surface area is 120 Å². The molecule has 2 aromatic heterocycles. The van der Waals surface area contributed by atoms with Gasteiger partial charge < -0.3 is 0 Å². The Bertz CT molecular complexity index is 630. The summed E-state index contributed by atoms with van der Waals surface area (Å²) in [7, 11) is -3.39. The fourth-order valence-corrected chi connectivity index (χ4v) is 2.75. The second-order valence-electron chi connectivity index (χ2n) is 3.86. The highest BCUT2D eigenvalue weighted by Gasteiger charge is 2.11. The van der Waals surface area contributed by atoms with Crippen molar-refractivity contribution in [2.75, 3.05) is 10.5 Å². The van der Waals surface area contributed by atoms with E-state index in [0.29, 0.717) is 16.7 Å². The van der Waals surface area contributed by atoms with E-state index in [-0.39, 0.29) is 5.75 Å². The van der Waals surface area contributed by atoms with Crippen molar-refractivity contribution >= 4 is 31.6 Å². The molecule has 0 fully saturated rings. The van der Waals surface area contributed by atoms with Crippen LogP contribution in [0.1, 0.15) is 5.69 Å². The predicted molar refractivity (Wildman–Crippen MR) is 77.3 cm³/mol. The molecule has 100 valence electrons. The summed E-state index contributed by atoms with van der Waals surface area (Å²) in [5.74, 6) is -0.0138. The highest BCUT2D eigenvalue weighted by atomic mass is 79.9. The third-order valence-corrected chi connectivity index (χ3v) is 4.11. The number of rotatable bonds is 5. The molecule has 2 aromatic rings. The van der Waals surface area contributed by atoms with Crippen molar-refractivity contribution in [2.45, 2.75) is 6.42 Å². The van der Waals surface area contributed by atoms with Gasteiger partial charge in [0.15, 0.2) is 0 Å². The number of nitrogens with one attached hydrogen (secondary N) is 1. The molecule has 2 rings (SSSR count). The van der Waals surface area contributed by atoms with Crippen molar-refractivity contribution in [1.29, 1.82) is 0 Å². The molecule has 2 heterocycles. The van der Waals surface area contributed by atoms with Crippen LogP contribution in [0.2, 0.25) is 0 Å². The summed E-state index contributed by atoms with van der Waals surface area (Å²) in [5.41, 5.74) is 1.20. The number of nitrogens with zero attached hydrogens (tertiary/aromatic N) is 2. The maximum atomic E-state index is 11.9. The topological polar surface area (TPSA) is 72.0 Å². The van der Waals surface area contributed by atoms with Crippen LogP contribution in [0.5, 0.6) is 0 Å². The van der Waals surface area contributed by atoms with E-state index in [2.05, 4.69) is 30.6 Å². The van der Waals surface area contributed by atoms with E-state index in [4.69, 9.17) is 0 Å². The van der Waals surface area contributed by atoms with Crippen LogP contribution in [0.3, 0.4) is 0 Å². The van der Waals surface area contributed by atoms with Gasteiger partial charge in [-0.2, -0.15) is 0 Å². The average molecular weight is 342 g/mol. The summed E-state index contributed by atoms with van der Waals surface area (Å²) in [6.45, 7) is 0. The Morgan fingerprint density at radius 2 is 2.00 bits per heavy atom. The lowest BCUT2D eigenvalue weighted by Gasteiger charge is -2.07. The SMILES string of the molecule is O=S(=O)(CCc1ccccn1)Nc1ccc(Br)nc1. The maximum absolute atomic E-state index is 11.9. The molecular weight excluding hydrogens is 330 g/mol. The molecule has 0 spiro atoms. The molecule has 0 atom stereocenters. The summed E-state index contributed by atoms with van der Waals surface area (Å²) in [6.07, 6.45) is 3.48. The van der Waals surface area contributed by atoms with Crippen molar-refractivity contribution in [3.05, 3.63) is 53.0 Å². The summed E-state index contributed by atoms with van der Waals surface area (Å²) in [4.78, 5) is 8.05. The molecule has 19 heavy (non-hydrogen) atoms. The van der Waals surface area contributed by atoms with Gasteiger partial charge in [-0.05, 0) is 40.2 Å². The number of aromatic nitrogens is 2. The van der Waals surface area contributed by atoms with Gasteiger partial charge in [0.25, 0.3) is 0 Å². The monoisotopic (exact) mass is 341 g/mol. The van der Waals surface area contributed by atoms with Gasteiger partial charge in [-0.15, -0.1) is 0 Å². The number of anilines is 1. The number of pyridine rings is 2. The van der Waals surface area contributed by atoms with Gasteiger partial charge in [-0.3, -0.25) is 9.71 Å². The summed E-state index contributed by atoms with van der Waals surface area (Å²) >= 11 is 3.19. The van der Waals surface area contributed by atoms with Crippen LogP contribution in [0, 0.1) is 0 Å². The summed E-state index contributed by atoms with van der Waals surface area (Å²) in [6, 6.07) is 8.76. The second-order valence-corrected chi connectivity index (χ2v) is 6.52. The molecule has 7 heteroatoms. The highest BCUT2D eigenvalue weighted by Crippen LogP contribution is 2.12. The van der Waals surface area contributed by atoms with Crippen LogP contribution in [-0.4, -0.2) is 24.1 Å².